The molecule has 0 radical (unpaired) electrons. The van der Waals surface area contributed by atoms with Gasteiger partial charge in [0.25, 0.3) is 0 Å². The van der Waals surface area contributed by atoms with Gasteiger partial charge in [0, 0.05) is 18.3 Å². The maximum Gasteiger partial charge on any atom is 0.0617 e. The summed E-state index contributed by atoms with van der Waals surface area (Å²) in [5.74, 6) is 1.13. The van der Waals surface area contributed by atoms with Gasteiger partial charge in [-0.25, -0.2) is 0 Å². The van der Waals surface area contributed by atoms with Crippen LogP contribution in [0.2, 0.25) is 0 Å². The lowest BCUT2D eigenvalue weighted by atomic mass is 9.95. The Bertz CT molecular complexity index is 239. The van der Waals surface area contributed by atoms with E-state index in [0.29, 0.717) is 11.8 Å². The van der Waals surface area contributed by atoms with Crippen molar-refractivity contribution >= 4 is 0 Å². The van der Waals surface area contributed by atoms with Crippen molar-refractivity contribution in [2.45, 2.75) is 33.6 Å². The Balaban J connectivity index is 2.82. The Morgan fingerprint density at radius 2 is 1.75 bits per heavy atom. The summed E-state index contributed by atoms with van der Waals surface area (Å²) in [5.41, 5.74) is 2.07. The summed E-state index contributed by atoms with van der Waals surface area (Å²) in [6, 6.07) is 0. The molecule has 1 atom stereocenters. The van der Waals surface area contributed by atoms with Crippen LogP contribution in [0.5, 0.6) is 0 Å². The minimum atomic E-state index is 0.498. The van der Waals surface area contributed by atoms with Crippen molar-refractivity contribution in [2.75, 3.05) is 0 Å². The molecule has 0 aliphatic heterocycles. The van der Waals surface area contributed by atoms with E-state index in [4.69, 9.17) is 0 Å². The summed E-state index contributed by atoms with van der Waals surface area (Å²) in [5, 5.41) is 0. The molecule has 0 saturated carbocycles. The summed E-state index contributed by atoms with van der Waals surface area (Å²) < 4.78 is 0. The first-order valence-corrected chi connectivity index (χ1v) is 4.40. The van der Waals surface area contributed by atoms with Gasteiger partial charge in [0.1, 0.15) is 0 Å². The Labute approximate surface area is 74.1 Å². The monoisotopic (exact) mass is 164 g/mol. The molecular formula is C10H16N2. The molecule has 0 unspecified atom stereocenters. The van der Waals surface area contributed by atoms with E-state index in [1.165, 1.54) is 0 Å². The molecule has 2 heteroatoms. The lowest BCUT2D eigenvalue weighted by Gasteiger charge is -2.13. The van der Waals surface area contributed by atoms with Crippen molar-refractivity contribution in [1.82, 2.24) is 9.97 Å². The predicted molar refractivity (Wildman–Crippen MR) is 50.0 cm³/mol. The highest BCUT2D eigenvalue weighted by Crippen LogP contribution is 2.20. The lowest BCUT2D eigenvalue weighted by molar-refractivity contribution is 0.521. The van der Waals surface area contributed by atoms with Gasteiger partial charge in [0.15, 0.2) is 0 Å². The highest BCUT2D eigenvalue weighted by Gasteiger charge is 2.10. The molecule has 0 aromatic carbocycles. The number of aryl methyl sites for hydroxylation is 1. The number of aromatic nitrogens is 2. The third-order valence-corrected chi connectivity index (χ3v) is 2.27. The van der Waals surface area contributed by atoms with Gasteiger partial charge < -0.3 is 0 Å². The first-order valence-electron chi connectivity index (χ1n) is 4.40. The summed E-state index contributed by atoms with van der Waals surface area (Å²) >= 11 is 0. The fourth-order valence-corrected chi connectivity index (χ4v) is 0.979. The van der Waals surface area contributed by atoms with Gasteiger partial charge in [0.2, 0.25) is 0 Å². The van der Waals surface area contributed by atoms with E-state index >= 15 is 0 Å². The first-order chi connectivity index (χ1) is 5.61. The molecule has 0 amide bonds. The van der Waals surface area contributed by atoms with Gasteiger partial charge in [0.05, 0.1) is 11.4 Å². The van der Waals surface area contributed by atoms with Gasteiger partial charge >= 0.3 is 0 Å². The largest absolute Gasteiger partial charge is 0.258 e. The molecule has 0 bridgehead atoms. The Kier molecular flexibility index (Phi) is 2.79. The number of hydrogen-bond donors (Lipinski definition) is 0. The normalized spacial score (nSPS) is 13.4. The maximum absolute atomic E-state index is 4.34. The highest BCUT2D eigenvalue weighted by atomic mass is 14.8. The van der Waals surface area contributed by atoms with Crippen LogP contribution in [-0.4, -0.2) is 9.97 Å². The zero-order valence-corrected chi connectivity index (χ0v) is 8.20. The van der Waals surface area contributed by atoms with Crippen molar-refractivity contribution in [1.29, 1.82) is 0 Å². The fourth-order valence-electron chi connectivity index (χ4n) is 0.979. The Morgan fingerprint density at radius 3 is 2.17 bits per heavy atom. The van der Waals surface area contributed by atoms with E-state index in [1.807, 2.05) is 19.3 Å². The molecule has 0 saturated heterocycles. The average Bonchev–Trinajstić information content (AvgIpc) is 2.04. The lowest BCUT2D eigenvalue weighted by Crippen LogP contribution is -2.05. The van der Waals surface area contributed by atoms with Gasteiger partial charge in [-0.05, 0) is 12.8 Å². The second-order valence-electron chi connectivity index (χ2n) is 3.62. The van der Waals surface area contributed by atoms with Crippen LogP contribution in [0.15, 0.2) is 12.4 Å². The van der Waals surface area contributed by atoms with Crippen LogP contribution in [0.25, 0.3) is 0 Å². The molecule has 0 aliphatic rings. The van der Waals surface area contributed by atoms with Gasteiger partial charge in [-0.2, -0.15) is 0 Å². The maximum atomic E-state index is 4.34. The van der Waals surface area contributed by atoms with Gasteiger partial charge in [-0.1, -0.05) is 20.8 Å². The summed E-state index contributed by atoms with van der Waals surface area (Å²) in [6.07, 6.45) is 3.70. The minimum absolute atomic E-state index is 0.498. The van der Waals surface area contributed by atoms with E-state index in [1.54, 1.807) is 0 Å². The molecular weight excluding hydrogens is 148 g/mol. The SMILES string of the molecule is Cc1cnc([C@@H](C)C(C)C)cn1. The number of hydrogen-bond acceptors (Lipinski definition) is 2. The topological polar surface area (TPSA) is 25.8 Å². The van der Waals surface area contributed by atoms with E-state index in [0.717, 1.165) is 11.4 Å². The standard InChI is InChI=1S/C10H16N2/c1-7(2)9(4)10-6-11-8(3)5-12-10/h5-7,9H,1-4H3/t9-/m0/s1. The van der Waals surface area contributed by atoms with Crippen molar-refractivity contribution < 1.29 is 0 Å². The number of nitrogens with zero attached hydrogens (tertiary/aromatic N) is 2. The van der Waals surface area contributed by atoms with E-state index in [-0.39, 0.29) is 0 Å². The molecule has 12 heavy (non-hydrogen) atoms. The molecule has 1 aromatic heterocycles. The molecule has 0 spiro atoms. The fraction of sp³-hybridized carbons (Fsp3) is 0.600. The molecule has 0 fully saturated rings. The zero-order valence-electron chi connectivity index (χ0n) is 8.20. The van der Waals surface area contributed by atoms with E-state index in [9.17, 15) is 0 Å². The zero-order chi connectivity index (χ0) is 9.14. The first kappa shape index (κ1) is 9.17. The highest BCUT2D eigenvalue weighted by molar-refractivity contribution is 5.06. The molecule has 1 heterocycles. The summed E-state index contributed by atoms with van der Waals surface area (Å²) in [4.78, 5) is 8.56. The molecule has 66 valence electrons. The summed E-state index contributed by atoms with van der Waals surface area (Å²) in [6.45, 7) is 8.54. The van der Waals surface area contributed by atoms with Crippen molar-refractivity contribution in [2.24, 2.45) is 5.92 Å². The molecule has 0 N–H and O–H groups in total. The van der Waals surface area contributed by atoms with Crippen LogP contribution in [0, 0.1) is 12.8 Å². The van der Waals surface area contributed by atoms with Crippen LogP contribution < -0.4 is 0 Å². The smallest absolute Gasteiger partial charge is 0.0617 e. The molecule has 1 rings (SSSR count). The van der Waals surface area contributed by atoms with E-state index < -0.39 is 0 Å². The van der Waals surface area contributed by atoms with Crippen LogP contribution in [0.4, 0.5) is 0 Å². The van der Waals surface area contributed by atoms with Crippen molar-refractivity contribution in [3.05, 3.63) is 23.8 Å². The van der Waals surface area contributed by atoms with Crippen molar-refractivity contribution in [3.8, 4) is 0 Å². The minimum Gasteiger partial charge on any atom is -0.258 e. The third-order valence-electron chi connectivity index (χ3n) is 2.27. The predicted octanol–water partition coefficient (Wildman–Crippen LogP) is 2.54. The van der Waals surface area contributed by atoms with Gasteiger partial charge in [-0.15, -0.1) is 0 Å². The van der Waals surface area contributed by atoms with Crippen molar-refractivity contribution in [3.63, 3.8) is 0 Å². The molecule has 2 nitrogen and oxygen atoms in total. The van der Waals surface area contributed by atoms with Crippen LogP contribution in [0.1, 0.15) is 38.1 Å². The Morgan fingerprint density at radius 1 is 1.08 bits per heavy atom. The van der Waals surface area contributed by atoms with Crippen LogP contribution >= 0.6 is 0 Å². The Hall–Kier alpha value is -0.920. The van der Waals surface area contributed by atoms with Gasteiger partial charge in [-0.3, -0.25) is 9.97 Å². The second kappa shape index (κ2) is 3.65. The number of rotatable bonds is 2. The van der Waals surface area contributed by atoms with Crippen LogP contribution in [0.3, 0.4) is 0 Å². The third kappa shape index (κ3) is 2.03. The average molecular weight is 164 g/mol. The second-order valence-corrected chi connectivity index (χ2v) is 3.62. The quantitative estimate of drug-likeness (QED) is 0.671. The summed E-state index contributed by atoms with van der Waals surface area (Å²) in [7, 11) is 0. The van der Waals surface area contributed by atoms with Crippen LogP contribution in [-0.2, 0) is 0 Å². The van der Waals surface area contributed by atoms with E-state index in [2.05, 4.69) is 30.7 Å². The molecule has 1 aromatic rings. The molecule has 0 aliphatic carbocycles.